The Kier molecular flexibility index (Phi) is 12.8. The number of hydrogen-bond acceptors (Lipinski definition) is 6. The van der Waals surface area contributed by atoms with Gasteiger partial charge in [-0.3, -0.25) is 14.5 Å². The van der Waals surface area contributed by atoms with Gasteiger partial charge in [-0.15, -0.1) is 0 Å². The molecular formula is C31H44N4O4. The van der Waals surface area contributed by atoms with Crippen molar-refractivity contribution < 1.29 is 19.5 Å². The number of aliphatic carboxylic acids is 1. The molecule has 1 aliphatic carbocycles. The summed E-state index contributed by atoms with van der Waals surface area (Å²) in [4.78, 5) is 30.9. The molecule has 4 N–H and O–H groups in total. The van der Waals surface area contributed by atoms with E-state index in [-0.39, 0.29) is 12.5 Å². The van der Waals surface area contributed by atoms with Gasteiger partial charge in [0.2, 0.25) is 5.91 Å². The fraction of sp³-hybridized carbons (Fsp3) is 0.516. The maximum atomic E-state index is 12.2. The number of carbonyl (C=O) groups is 2. The fourth-order valence-corrected chi connectivity index (χ4v) is 4.95. The van der Waals surface area contributed by atoms with Crippen molar-refractivity contribution in [3.05, 3.63) is 65.2 Å². The van der Waals surface area contributed by atoms with Gasteiger partial charge in [-0.1, -0.05) is 67.7 Å². The van der Waals surface area contributed by atoms with Crippen LogP contribution in [-0.2, 0) is 21.0 Å². The van der Waals surface area contributed by atoms with Crippen molar-refractivity contribution in [2.45, 2.75) is 71.3 Å². The maximum absolute atomic E-state index is 12.2. The van der Waals surface area contributed by atoms with Gasteiger partial charge >= 0.3 is 5.97 Å². The zero-order valence-corrected chi connectivity index (χ0v) is 23.2. The van der Waals surface area contributed by atoms with Crippen molar-refractivity contribution in [1.29, 1.82) is 0 Å². The molecule has 0 atom stereocenters. The van der Waals surface area contributed by atoms with Crippen LogP contribution in [0.5, 0.6) is 0 Å². The number of rotatable bonds is 16. The molecule has 212 valence electrons. The van der Waals surface area contributed by atoms with E-state index in [9.17, 15) is 14.7 Å². The highest BCUT2D eigenvalue weighted by atomic mass is 16.6. The second-order valence-electron chi connectivity index (χ2n) is 10.4. The SMILES string of the molecule is CCN(CC(=O)O)Cc1cc(/C(=N/OCCCCCC(=O)NCC2CCCCC2)c2ccccc2)ccc1N. The van der Waals surface area contributed by atoms with Crippen molar-refractivity contribution in [2.75, 3.05) is 32.0 Å². The summed E-state index contributed by atoms with van der Waals surface area (Å²) in [5, 5.41) is 16.8. The van der Waals surface area contributed by atoms with Gasteiger partial charge in [0, 0.05) is 36.3 Å². The van der Waals surface area contributed by atoms with Crippen LogP contribution in [0.25, 0.3) is 0 Å². The van der Waals surface area contributed by atoms with E-state index in [1.54, 1.807) is 0 Å². The Morgan fingerprint density at radius 3 is 2.54 bits per heavy atom. The van der Waals surface area contributed by atoms with Crippen LogP contribution >= 0.6 is 0 Å². The third-order valence-corrected chi connectivity index (χ3v) is 7.27. The molecule has 2 aromatic carbocycles. The van der Waals surface area contributed by atoms with E-state index in [1.165, 1.54) is 32.1 Å². The van der Waals surface area contributed by atoms with E-state index in [0.29, 0.717) is 43.4 Å². The first-order chi connectivity index (χ1) is 19.0. The van der Waals surface area contributed by atoms with Crippen LogP contribution in [0.15, 0.2) is 53.7 Å². The largest absolute Gasteiger partial charge is 0.480 e. The topological polar surface area (TPSA) is 117 Å². The molecule has 39 heavy (non-hydrogen) atoms. The number of hydrogen-bond donors (Lipinski definition) is 3. The van der Waals surface area contributed by atoms with E-state index < -0.39 is 5.97 Å². The first-order valence-electron chi connectivity index (χ1n) is 14.3. The van der Waals surface area contributed by atoms with Gasteiger partial charge in [-0.05, 0) is 62.3 Å². The molecule has 0 aromatic heterocycles. The number of anilines is 1. The van der Waals surface area contributed by atoms with Crippen molar-refractivity contribution in [1.82, 2.24) is 10.2 Å². The van der Waals surface area contributed by atoms with Gasteiger partial charge in [0.25, 0.3) is 0 Å². The normalized spacial score (nSPS) is 14.4. The minimum atomic E-state index is -0.869. The molecular weight excluding hydrogens is 492 g/mol. The molecule has 0 saturated heterocycles. The standard InChI is InChI=1S/C31H44N4O4/c1-2-35(23-30(37)38)22-27-20-26(17-18-28(27)32)31(25-14-8-4-9-15-25)34-39-19-11-5-10-16-29(36)33-21-24-12-6-3-7-13-24/h4,8-9,14-15,17-18,20,24H,2-3,5-7,10-13,16,19,21-23,32H2,1H3,(H,33,36)(H,37,38)/b34-31+. The highest BCUT2D eigenvalue weighted by Gasteiger charge is 2.15. The number of nitrogens with zero attached hydrogens (tertiary/aromatic N) is 2. The second kappa shape index (κ2) is 16.5. The molecule has 0 radical (unpaired) electrons. The molecule has 0 spiro atoms. The van der Waals surface area contributed by atoms with Gasteiger partial charge < -0.3 is 21.0 Å². The summed E-state index contributed by atoms with van der Waals surface area (Å²) in [6, 6.07) is 15.5. The average molecular weight is 537 g/mol. The number of carboxylic acid groups (broad SMARTS) is 1. The van der Waals surface area contributed by atoms with Crippen molar-refractivity contribution in [2.24, 2.45) is 11.1 Å². The number of nitrogen functional groups attached to an aromatic ring is 1. The summed E-state index contributed by atoms with van der Waals surface area (Å²) < 4.78 is 0. The Balaban J connectivity index is 1.53. The Labute approximate surface area is 232 Å². The number of nitrogens with one attached hydrogen (secondary N) is 1. The third-order valence-electron chi connectivity index (χ3n) is 7.27. The molecule has 8 heteroatoms. The van der Waals surface area contributed by atoms with E-state index in [1.807, 2.05) is 60.4 Å². The number of carbonyl (C=O) groups excluding carboxylic acids is 1. The number of benzene rings is 2. The van der Waals surface area contributed by atoms with Crippen LogP contribution in [0, 0.1) is 5.92 Å². The summed E-state index contributed by atoms with van der Waals surface area (Å²) in [6.07, 6.45) is 9.49. The number of carboxylic acids is 1. The first kappa shape index (κ1) is 30.2. The van der Waals surface area contributed by atoms with Gasteiger partial charge in [0.15, 0.2) is 0 Å². The highest BCUT2D eigenvalue weighted by molar-refractivity contribution is 6.12. The Hall–Kier alpha value is -3.39. The van der Waals surface area contributed by atoms with E-state index >= 15 is 0 Å². The lowest BCUT2D eigenvalue weighted by molar-refractivity contribution is -0.138. The van der Waals surface area contributed by atoms with Gasteiger partial charge in [0.05, 0.1) is 6.54 Å². The van der Waals surface area contributed by atoms with Gasteiger partial charge in [-0.2, -0.15) is 0 Å². The molecule has 3 rings (SSSR count). The third kappa shape index (κ3) is 10.7. The van der Waals surface area contributed by atoms with Gasteiger partial charge in [-0.25, -0.2) is 0 Å². The minimum Gasteiger partial charge on any atom is -0.480 e. The summed E-state index contributed by atoms with van der Waals surface area (Å²) in [5.41, 5.74) is 10.2. The molecule has 8 nitrogen and oxygen atoms in total. The van der Waals surface area contributed by atoms with E-state index in [4.69, 9.17) is 10.6 Å². The summed E-state index contributed by atoms with van der Waals surface area (Å²) in [5.74, 6) is -0.0677. The predicted molar refractivity (Wildman–Crippen MR) is 156 cm³/mol. The van der Waals surface area contributed by atoms with E-state index in [0.717, 1.165) is 42.5 Å². The van der Waals surface area contributed by atoms with Crippen LogP contribution in [0.1, 0.15) is 81.4 Å². The van der Waals surface area contributed by atoms with Crippen LogP contribution in [0.3, 0.4) is 0 Å². The molecule has 0 bridgehead atoms. The first-order valence-corrected chi connectivity index (χ1v) is 14.3. The van der Waals surface area contributed by atoms with Crippen LogP contribution in [0.2, 0.25) is 0 Å². The number of nitrogens with two attached hydrogens (primary N) is 1. The van der Waals surface area contributed by atoms with Crippen molar-refractivity contribution in [3.63, 3.8) is 0 Å². The Morgan fingerprint density at radius 1 is 1.05 bits per heavy atom. The number of oxime groups is 1. The fourth-order valence-electron chi connectivity index (χ4n) is 4.95. The Bertz CT molecular complexity index is 1070. The van der Waals surface area contributed by atoms with Crippen LogP contribution < -0.4 is 11.1 Å². The molecule has 2 aromatic rings. The Morgan fingerprint density at radius 2 is 1.82 bits per heavy atom. The summed E-state index contributed by atoms with van der Waals surface area (Å²) >= 11 is 0. The molecule has 1 aliphatic rings. The van der Waals surface area contributed by atoms with Crippen molar-refractivity contribution >= 4 is 23.3 Å². The summed E-state index contributed by atoms with van der Waals surface area (Å²) in [6.45, 7) is 4.19. The number of unbranched alkanes of at least 4 members (excludes halogenated alkanes) is 2. The number of amides is 1. The van der Waals surface area contributed by atoms with Crippen LogP contribution in [-0.4, -0.2) is 53.8 Å². The molecule has 0 heterocycles. The van der Waals surface area contributed by atoms with Gasteiger partial charge in [0.1, 0.15) is 12.3 Å². The minimum absolute atomic E-state index is 0.0505. The lowest BCUT2D eigenvalue weighted by atomic mass is 9.89. The molecule has 1 amide bonds. The summed E-state index contributed by atoms with van der Waals surface area (Å²) in [7, 11) is 0. The number of likely N-dealkylation sites (N-methyl/N-ethyl adjacent to an activating group) is 1. The highest BCUT2D eigenvalue weighted by Crippen LogP contribution is 2.23. The maximum Gasteiger partial charge on any atom is 0.317 e. The lowest BCUT2D eigenvalue weighted by Crippen LogP contribution is -2.30. The lowest BCUT2D eigenvalue weighted by Gasteiger charge is -2.21. The average Bonchev–Trinajstić information content (AvgIpc) is 2.95. The molecule has 1 fully saturated rings. The molecule has 1 saturated carbocycles. The zero-order chi connectivity index (χ0) is 27.9. The predicted octanol–water partition coefficient (Wildman–Crippen LogP) is 5.20. The monoisotopic (exact) mass is 536 g/mol. The van der Waals surface area contributed by atoms with E-state index in [2.05, 4.69) is 10.5 Å². The quantitative estimate of drug-likeness (QED) is 0.117. The van der Waals surface area contributed by atoms with Crippen LogP contribution in [0.4, 0.5) is 5.69 Å². The smallest absolute Gasteiger partial charge is 0.317 e. The second-order valence-corrected chi connectivity index (χ2v) is 10.4. The van der Waals surface area contributed by atoms with Crippen molar-refractivity contribution in [3.8, 4) is 0 Å². The molecule has 0 unspecified atom stereocenters. The zero-order valence-electron chi connectivity index (χ0n) is 23.2. The molecule has 0 aliphatic heterocycles.